The van der Waals surface area contributed by atoms with Gasteiger partial charge in [-0.15, -0.1) is 0 Å². The predicted octanol–water partition coefficient (Wildman–Crippen LogP) is 3.57. The second-order valence-corrected chi connectivity index (χ2v) is 7.01. The largest absolute Gasteiger partial charge is 0.497 e. The van der Waals surface area contributed by atoms with Crippen LogP contribution in [0.5, 0.6) is 11.5 Å². The molecule has 3 nitrogen and oxygen atoms in total. The maximum absolute atomic E-state index is 12.3. The Bertz CT molecular complexity index is 594. The van der Waals surface area contributed by atoms with Gasteiger partial charge < -0.3 is 9.47 Å². The van der Waals surface area contributed by atoms with Gasteiger partial charge in [-0.25, -0.2) is 0 Å². The molecule has 4 atom stereocenters. The topological polar surface area (TPSA) is 35.5 Å². The van der Waals surface area contributed by atoms with Crippen LogP contribution < -0.4 is 9.47 Å². The van der Waals surface area contributed by atoms with Gasteiger partial charge >= 0.3 is 0 Å². The van der Waals surface area contributed by atoms with Crippen LogP contribution in [0.3, 0.4) is 0 Å². The van der Waals surface area contributed by atoms with Crippen molar-refractivity contribution in [3.63, 3.8) is 0 Å². The van der Waals surface area contributed by atoms with Crippen LogP contribution in [0, 0.1) is 17.3 Å². The van der Waals surface area contributed by atoms with E-state index in [1.54, 1.807) is 7.11 Å². The molecule has 112 valence electrons. The van der Waals surface area contributed by atoms with Gasteiger partial charge in [-0.1, -0.05) is 13.0 Å². The standard InChI is InChI=1S/C18H22O3/c1-18-8-7-12-13-4-3-11(20-2)9-16(13)21-10-14(12)15(18)5-6-17(18)19/h3-4,9,12,14-15H,5-8,10H2,1-2H3/t12-,14-,15+,18+/m1/s1. The number of carbonyl (C=O) groups is 1. The minimum atomic E-state index is -0.0888. The molecule has 4 rings (SSSR count). The highest BCUT2D eigenvalue weighted by Gasteiger charge is 2.55. The Balaban J connectivity index is 1.70. The van der Waals surface area contributed by atoms with Crippen LogP contribution in [0.15, 0.2) is 18.2 Å². The van der Waals surface area contributed by atoms with E-state index in [0.717, 1.165) is 43.8 Å². The second kappa shape index (κ2) is 4.49. The minimum absolute atomic E-state index is 0.0888. The number of benzene rings is 1. The Labute approximate surface area is 125 Å². The molecule has 0 bridgehead atoms. The number of methoxy groups -OCH3 is 1. The molecule has 3 heteroatoms. The number of rotatable bonds is 1. The third-order valence-electron chi connectivity index (χ3n) is 6.20. The average Bonchev–Trinajstić information content (AvgIpc) is 2.82. The Morgan fingerprint density at radius 1 is 1.33 bits per heavy atom. The number of hydrogen-bond donors (Lipinski definition) is 0. The lowest BCUT2D eigenvalue weighted by Gasteiger charge is -2.47. The third-order valence-corrected chi connectivity index (χ3v) is 6.20. The molecule has 0 radical (unpaired) electrons. The van der Waals surface area contributed by atoms with Crippen molar-refractivity contribution < 1.29 is 14.3 Å². The summed E-state index contributed by atoms with van der Waals surface area (Å²) in [4.78, 5) is 12.3. The number of Topliss-reactive ketones (excluding diaryl/α,β-unsaturated/α-hetero) is 1. The van der Waals surface area contributed by atoms with Crippen molar-refractivity contribution in [3.8, 4) is 11.5 Å². The van der Waals surface area contributed by atoms with Gasteiger partial charge in [0.25, 0.3) is 0 Å². The van der Waals surface area contributed by atoms with E-state index in [1.165, 1.54) is 5.56 Å². The fraction of sp³-hybridized carbons (Fsp3) is 0.611. The van der Waals surface area contributed by atoms with E-state index < -0.39 is 0 Å². The zero-order chi connectivity index (χ0) is 14.6. The minimum Gasteiger partial charge on any atom is -0.497 e. The zero-order valence-corrected chi connectivity index (χ0v) is 12.7. The highest BCUT2D eigenvalue weighted by Crippen LogP contribution is 2.59. The molecule has 1 aromatic rings. The first-order chi connectivity index (χ1) is 10.1. The fourth-order valence-electron chi connectivity index (χ4n) is 4.94. The molecular formula is C18H22O3. The number of ketones is 1. The van der Waals surface area contributed by atoms with E-state index in [9.17, 15) is 4.79 Å². The van der Waals surface area contributed by atoms with E-state index in [1.807, 2.05) is 12.1 Å². The smallest absolute Gasteiger partial charge is 0.139 e. The summed E-state index contributed by atoms with van der Waals surface area (Å²) >= 11 is 0. The van der Waals surface area contributed by atoms with Crippen molar-refractivity contribution in [2.45, 2.75) is 38.5 Å². The molecule has 21 heavy (non-hydrogen) atoms. The maximum Gasteiger partial charge on any atom is 0.139 e. The van der Waals surface area contributed by atoms with Gasteiger partial charge in [-0.05, 0) is 42.7 Å². The zero-order valence-electron chi connectivity index (χ0n) is 12.7. The summed E-state index contributed by atoms with van der Waals surface area (Å²) in [6.45, 7) is 2.94. The highest BCUT2D eigenvalue weighted by molar-refractivity contribution is 5.87. The third kappa shape index (κ3) is 1.76. The van der Waals surface area contributed by atoms with E-state index in [0.29, 0.717) is 23.5 Å². The van der Waals surface area contributed by atoms with Crippen molar-refractivity contribution >= 4 is 5.78 Å². The molecule has 0 N–H and O–H groups in total. The van der Waals surface area contributed by atoms with Crippen LogP contribution >= 0.6 is 0 Å². The van der Waals surface area contributed by atoms with Gasteiger partial charge in [0.15, 0.2) is 0 Å². The van der Waals surface area contributed by atoms with Crippen molar-refractivity contribution in [1.82, 2.24) is 0 Å². The molecule has 1 aromatic carbocycles. The monoisotopic (exact) mass is 286 g/mol. The Kier molecular flexibility index (Phi) is 2.82. The first kappa shape index (κ1) is 13.2. The molecule has 2 fully saturated rings. The van der Waals surface area contributed by atoms with E-state index in [4.69, 9.17) is 9.47 Å². The van der Waals surface area contributed by atoms with Crippen LogP contribution in [-0.4, -0.2) is 19.5 Å². The van der Waals surface area contributed by atoms with Crippen LogP contribution in [-0.2, 0) is 4.79 Å². The second-order valence-electron chi connectivity index (χ2n) is 7.01. The number of hydrogen-bond acceptors (Lipinski definition) is 3. The number of ether oxygens (including phenoxy) is 2. The lowest BCUT2D eigenvalue weighted by Crippen LogP contribution is -2.44. The van der Waals surface area contributed by atoms with Crippen molar-refractivity contribution in [2.75, 3.05) is 13.7 Å². The molecule has 0 saturated heterocycles. The average molecular weight is 286 g/mol. The molecule has 3 aliphatic rings. The van der Waals surface area contributed by atoms with Crippen LogP contribution in [0.4, 0.5) is 0 Å². The predicted molar refractivity (Wildman–Crippen MR) is 79.8 cm³/mol. The summed E-state index contributed by atoms with van der Waals surface area (Å²) in [5.74, 6) is 3.85. The summed E-state index contributed by atoms with van der Waals surface area (Å²) in [5, 5.41) is 0. The van der Waals surface area contributed by atoms with Gasteiger partial charge in [0.2, 0.25) is 0 Å². The molecule has 1 heterocycles. The quantitative estimate of drug-likeness (QED) is 0.791. The lowest BCUT2D eigenvalue weighted by atomic mass is 9.58. The van der Waals surface area contributed by atoms with Crippen LogP contribution in [0.2, 0.25) is 0 Å². The van der Waals surface area contributed by atoms with Gasteiger partial charge in [-0.3, -0.25) is 4.79 Å². The van der Waals surface area contributed by atoms with Crippen molar-refractivity contribution in [3.05, 3.63) is 23.8 Å². The summed E-state index contributed by atoms with van der Waals surface area (Å²) in [5.41, 5.74) is 1.22. The van der Waals surface area contributed by atoms with E-state index in [-0.39, 0.29) is 5.41 Å². The maximum atomic E-state index is 12.3. The molecule has 0 spiro atoms. The van der Waals surface area contributed by atoms with Crippen LogP contribution in [0.1, 0.15) is 44.1 Å². The molecule has 0 aromatic heterocycles. The summed E-state index contributed by atoms with van der Waals surface area (Å²) in [6.07, 6.45) is 3.94. The molecular weight excluding hydrogens is 264 g/mol. The van der Waals surface area contributed by atoms with Gasteiger partial charge in [-0.2, -0.15) is 0 Å². The summed E-state index contributed by atoms with van der Waals surface area (Å²) in [6, 6.07) is 6.18. The SMILES string of the molecule is COc1ccc2c(c1)OC[C@@H]1[C@@H]2CC[C@]2(C)C(=O)CC[C@@H]12. The Hall–Kier alpha value is -1.51. The van der Waals surface area contributed by atoms with Gasteiger partial charge in [0.1, 0.15) is 17.3 Å². The van der Waals surface area contributed by atoms with E-state index >= 15 is 0 Å². The van der Waals surface area contributed by atoms with Crippen molar-refractivity contribution in [2.24, 2.45) is 17.3 Å². The normalized spacial score (nSPS) is 37.2. The summed E-state index contributed by atoms with van der Waals surface area (Å²) in [7, 11) is 1.68. The number of carbonyl (C=O) groups excluding carboxylic acids is 1. The molecule has 0 amide bonds. The van der Waals surface area contributed by atoms with Gasteiger partial charge in [0.05, 0.1) is 13.7 Å². The highest BCUT2D eigenvalue weighted by atomic mass is 16.5. The van der Waals surface area contributed by atoms with E-state index in [2.05, 4.69) is 13.0 Å². The number of fused-ring (bicyclic) bond motifs is 5. The van der Waals surface area contributed by atoms with Crippen molar-refractivity contribution in [1.29, 1.82) is 0 Å². The Morgan fingerprint density at radius 3 is 3.00 bits per heavy atom. The fourth-order valence-corrected chi connectivity index (χ4v) is 4.94. The van der Waals surface area contributed by atoms with Crippen LogP contribution in [0.25, 0.3) is 0 Å². The first-order valence-corrected chi connectivity index (χ1v) is 7.97. The molecule has 2 aliphatic carbocycles. The molecule has 1 aliphatic heterocycles. The summed E-state index contributed by atoms with van der Waals surface area (Å²) < 4.78 is 11.3. The lowest BCUT2D eigenvalue weighted by molar-refractivity contribution is -0.129. The van der Waals surface area contributed by atoms with Gasteiger partial charge in [0, 0.05) is 23.8 Å². The first-order valence-electron chi connectivity index (χ1n) is 7.97. The molecule has 2 saturated carbocycles. The Morgan fingerprint density at radius 2 is 2.19 bits per heavy atom. The molecule has 0 unspecified atom stereocenters.